The number of ether oxygens (including phenoxy) is 3. The van der Waals surface area contributed by atoms with Gasteiger partial charge in [0, 0.05) is 27.1 Å². The van der Waals surface area contributed by atoms with E-state index in [1.807, 2.05) is 6.07 Å². The molecule has 2 N–H and O–H groups in total. The topological polar surface area (TPSA) is 53.7 Å². The molecule has 1 aromatic rings. The molecular weight excluding hydrogens is 278 g/mol. The van der Waals surface area contributed by atoms with E-state index < -0.39 is 5.79 Å². The van der Waals surface area contributed by atoms with E-state index in [1.54, 1.807) is 21.3 Å². The molecule has 0 heterocycles. The highest BCUT2D eigenvalue weighted by atomic mass is 16.7. The summed E-state index contributed by atoms with van der Waals surface area (Å²) in [6, 6.07) is 6.41. The fourth-order valence-corrected chi connectivity index (χ4v) is 3.71. The van der Waals surface area contributed by atoms with Crippen LogP contribution in [0.2, 0.25) is 0 Å². The van der Waals surface area contributed by atoms with Crippen LogP contribution in [0.5, 0.6) is 5.75 Å². The van der Waals surface area contributed by atoms with Crippen LogP contribution < -0.4 is 10.5 Å². The lowest BCUT2D eigenvalue weighted by molar-refractivity contribution is -0.228. The van der Waals surface area contributed by atoms with Crippen LogP contribution in [0.15, 0.2) is 18.2 Å². The predicted molar refractivity (Wildman–Crippen MR) is 88.2 cm³/mol. The fourth-order valence-electron chi connectivity index (χ4n) is 3.71. The molecular formula is C18H29NO3. The van der Waals surface area contributed by atoms with Crippen molar-refractivity contribution >= 4 is 0 Å². The minimum Gasteiger partial charge on any atom is -0.496 e. The number of nitrogens with two attached hydrogens (primary N) is 1. The van der Waals surface area contributed by atoms with E-state index in [9.17, 15) is 0 Å². The summed E-state index contributed by atoms with van der Waals surface area (Å²) in [4.78, 5) is 0. The Hall–Kier alpha value is -1.10. The van der Waals surface area contributed by atoms with Gasteiger partial charge in [-0.3, -0.25) is 0 Å². The zero-order chi connectivity index (χ0) is 16.2. The zero-order valence-corrected chi connectivity index (χ0v) is 14.2. The van der Waals surface area contributed by atoms with E-state index >= 15 is 0 Å². The molecule has 4 heteroatoms. The Morgan fingerprint density at radius 1 is 1.18 bits per heavy atom. The molecule has 22 heavy (non-hydrogen) atoms. The van der Waals surface area contributed by atoms with Gasteiger partial charge in [0.2, 0.25) is 0 Å². The van der Waals surface area contributed by atoms with Crippen molar-refractivity contribution in [3.8, 4) is 5.75 Å². The highest BCUT2D eigenvalue weighted by molar-refractivity contribution is 5.38. The molecule has 124 valence electrons. The number of hydrogen-bond donors (Lipinski definition) is 1. The summed E-state index contributed by atoms with van der Waals surface area (Å²) in [5.74, 6) is 1.50. The molecule has 1 saturated carbocycles. The summed E-state index contributed by atoms with van der Waals surface area (Å²) < 4.78 is 16.5. The lowest BCUT2D eigenvalue weighted by Gasteiger charge is -2.40. The van der Waals surface area contributed by atoms with Gasteiger partial charge in [0.1, 0.15) is 5.75 Å². The first-order valence-corrected chi connectivity index (χ1v) is 8.04. The maximum atomic E-state index is 6.10. The van der Waals surface area contributed by atoms with Gasteiger partial charge in [-0.05, 0) is 55.3 Å². The lowest BCUT2D eigenvalue weighted by Crippen LogP contribution is -2.40. The Morgan fingerprint density at radius 2 is 1.82 bits per heavy atom. The highest BCUT2D eigenvalue weighted by Gasteiger charge is 2.37. The summed E-state index contributed by atoms with van der Waals surface area (Å²) in [5, 5.41) is 0. The summed E-state index contributed by atoms with van der Waals surface area (Å²) in [6.07, 6.45) is 4.01. The molecule has 0 amide bonds. The third-order valence-corrected chi connectivity index (χ3v) is 5.21. The number of benzene rings is 1. The number of hydrogen-bond acceptors (Lipinski definition) is 4. The average Bonchev–Trinajstić information content (AvgIpc) is 2.56. The first-order valence-electron chi connectivity index (χ1n) is 8.04. The largest absolute Gasteiger partial charge is 0.496 e. The summed E-state index contributed by atoms with van der Waals surface area (Å²) >= 11 is 0. The van der Waals surface area contributed by atoms with E-state index in [0.717, 1.165) is 37.0 Å². The fraction of sp³-hybridized carbons (Fsp3) is 0.667. The van der Waals surface area contributed by atoms with E-state index in [1.165, 1.54) is 5.56 Å². The van der Waals surface area contributed by atoms with Crippen LogP contribution in [0.1, 0.15) is 42.7 Å². The SMILES string of the molecule is COc1ccc(C(CN)C2CCC(OC)(OC)CC2)cc1C. The molecule has 1 aliphatic carbocycles. The van der Waals surface area contributed by atoms with Gasteiger partial charge in [-0.15, -0.1) is 0 Å². The van der Waals surface area contributed by atoms with Crippen LogP contribution in [0.4, 0.5) is 0 Å². The summed E-state index contributed by atoms with van der Waals surface area (Å²) in [5.41, 5.74) is 8.57. The third-order valence-electron chi connectivity index (χ3n) is 5.21. The van der Waals surface area contributed by atoms with Crippen LogP contribution in [-0.4, -0.2) is 33.7 Å². The van der Waals surface area contributed by atoms with Crippen LogP contribution in [0.3, 0.4) is 0 Å². The van der Waals surface area contributed by atoms with Gasteiger partial charge in [-0.25, -0.2) is 0 Å². The van der Waals surface area contributed by atoms with Crippen molar-refractivity contribution in [2.24, 2.45) is 11.7 Å². The molecule has 4 nitrogen and oxygen atoms in total. The van der Waals surface area contributed by atoms with E-state index in [2.05, 4.69) is 19.1 Å². The second kappa shape index (κ2) is 7.44. The van der Waals surface area contributed by atoms with Crippen molar-refractivity contribution in [1.29, 1.82) is 0 Å². The molecule has 0 saturated heterocycles. The van der Waals surface area contributed by atoms with Gasteiger partial charge in [0.15, 0.2) is 5.79 Å². The molecule has 1 aromatic carbocycles. The second-order valence-corrected chi connectivity index (χ2v) is 6.23. The van der Waals surface area contributed by atoms with Crippen molar-refractivity contribution in [1.82, 2.24) is 0 Å². The van der Waals surface area contributed by atoms with Crippen molar-refractivity contribution < 1.29 is 14.2 Å². The van der Waals surface area contributed by atoms with Crippen molar-refractivity contribution in [2.75, 3.05) is 27.9 Å². The van der Waals surface area contributed by atoms with Gasteiger partial charge in [0.05, 0.1) is 7.11 Å². The average molecular weight is 307 g/mol. The van der Waals surface area contributed by atoms with E-state index in [-0.39, 0.29) is 0 Å². The number of aryl methyl sites for hydroxylation is 1. The first-order chi connectivity index (χ1) is 10.6. The third kappa shape index (κ3) is 3.45. The normalized spacial score (nSPS) is 19.9. The van der Waals surface area contributed by atoms with Crippen LogP contribution in [0, 0.1) is 12.8 Å². The maximum Gasteiger partial charge on any atom is 0.167 e. The minimum atomic E-state index is -0.397. The van der Waals surface area contributed by atoms with Gasteiger partial charge >= 0.3 is 0 Å². The van der Waals surface area contributed by atoms with Gasteiger partial charge in [0.25, 0.3) is 0 Å². The molecule has 0 bridgehead atoms. The Balaban J connectivity index is 2.11. The van der Waals surface area contributed by atoms with Crippen molar-refractivity contribution in [2.45, 2.75) is 44.3 Å². The number of methoxy groups -OCH3 is 3. The van der Waals surface area contributed by atoms with E-state index in [4.69, 9.17) is 19.9 Å². The molecule has 0 radical (unpaired) electrons. The zero-order valence-electron chi connectivity index (χ0n) is 14.2. The molecule has 0 spiro atoms. The molecule has 1 fully saturated rings. The molecule has 1 atom stereocenters. The lowest BCUT2D eigenvalue weighted by atomic mass is 9.74. The molecule has 0 aromatic heterocycles. The second-order valence-electron chi connectivity index (χ2n) is 6.23. The summed E-state index contributed by atoms with van der Waals surface area (Å²) in [6.45, 7) is 2.75. The van der Waals surface area contributed by atoms with Crippen molar-refractivity contribution in [3.05, 3.63) is 29.3 Å². The molecule has 1 unspecified atom stereocenters. The van der Waals surface area contributed by atoms with Gasteiger partial charge in [-0.1, -0.05) is 12.1 Å². The highest BCUT2D eigenvalue weighted by Crippen LogP contribution is 2.41. The summed E-state index contributed by atoms with van der Waals surface area (Å²) in [7, 11) is 5.17. The van der Waals surface area contributed by atoms with Crippen molar-refractivity contribution in [3.63, 3.8) is 0 Å². The van der Waals surface area contributed by atoms with Crippen LogP contribution in [-0.2, 0) is 9.47 Å². The minimum absolute atomic E-state index is 0.385. The quantitative estimate of drug-likeness (QED) is 0.820. The maximum absolute atomic E-state index is 6.10. The Labute approximate surface area is 133 Å². The molecule has 1 aliphatic rings. The monoisotopic (exact) mass is 307 g/mol. The van der Waals surface area contributed by atoms with Gasteiger partial charge < -0.3 is 19.9 Å². The first kappa shape index (κ1) is 17.3. The Morgan fingerprint density at radius 3 is 2.27 bits per heavy atom. The molecule has 2 rings (SSSR count). The standard InChI is InChI=1S/C18H29NO3/c1-13-11-15(5-6-17(13)20-2)16(12-19)14-7-9-18(21-3,22-4)10-8-14/h5-6,11,14,16H,7-10,12,19H2,1-4H3. The Bertz CT molecular complexity index is 475. The number of rotatable bonds is 6. The Kier molecular flexibility index (Phi) is 5.84. The smallest absolute Gasteiger partial charge is 0.167 e. The van der Waals surface area contributed by atoms with Crippen LogP contribution >= 0.6 is 0 Å². The van der Waals surface area contributed by atoms with Gasteiger partial charge in [-0.2, -0.15) is 0 Å². The van der Waals surface area contributed by atoms with E-state index in [0.29, 0.717) is 18.4 Å². The predicted octanol–water partition coefficient (Wildman–Crippen LogP) is 3.23. The molecule has 0 aliphatic heterocycles. The van der Waals surface area contributed by atoms with Crippen LogP contribution in [0.25, 0.3) is 0 Å².